The third kappa shape index (κ3) is 3.39. The van der Waals surface area contributed by atoms with Crippen molar-refractivity contribution in [3.63, 3.8) is 0 Å². The fraction of sp³-hybridized carbons (Fsp3) is 0.0667. The molecule has 1 amide bonds. The highest BCUT2D eigenvalue weighted by Crippen LogP contribution is 2.22. The van der Waals surface area contributed by atoms with E-state index in [-0.39, 0.29) is 12.2 Å². The van der Waals surface area contributed by atoms with Crippen molar-refractivity contribution < 1.29 is 9.32 Å². The fourth-order valence-corrected chi connectivity index (χ4v) is 2.03. The van der Waals surface area contributed by atoms with E-state index in [0.29, 0.717) is 16.6 Å². The Balaban J connectivity index is 1.73. The van der Waals surface area contributed by atoms with Crippen molar-refractivity contribution in [1.82, 2.24) is 14.9 Å². The molecule has 1 aromatic carbocycles. The molecule has 0 bridgehead atoms. The zero-order valence-electron chi connectivity index (χ0n) is 11.7. The quantitative estimate of drug-likeness (QED) is 0.794. The Bertz CT molecular complexity index is 876. The topological polar surface area (TPSA) is 96.7 Å². The summed E-state index contributed by atoms with van der Waals surface area (Å²) in [5.41, 5.74) is 0.893. The lowest BCUT2D eigenvalue weighted by Gasteiger charge is -1.97. The molecule has 2 aromatic heterocycles. The maximum atomic E-state index is 12.1. The van der Waals surface area contributed by atoms with Crippen LogP contribution in [0.2, 0.25) is 5.02 Å². The van der Waals surface area contributed by atoms with Crippen LogP contribution in [0, 0.1) is 11.3 Å². The van der Waals surface area contributed by atoms with E-state index in [0.717, 1.165) is 5.56 Å². The average Bonchev–Trinajstić information content (AvgIpc) is 3.18. The molecule has 0 fully saturated rings. The van der Waals surface area contributed by atoms with Crippen LogP contribution in [0.3, 0.4) is 0 Å². The largest absolute Gasteiger partial charge is 0.355 e. The van der Waals surface area contributed by atoms with Crippen LogP contribution >= 0.6 is 11.6 Å². The number of hydrogen-bond donors (Lipinski definition) is 1. The first-order valence-electron chi connectivity index (χ1n) is 6.60. The Hall–Kier alpha value is -3.11. The molecule has 3 aromatic rings. The second kappa shape index (κ2) is 6.34. The van der Waals surface area contributed by atoms with Crippen molar-refractivity contribution in [2.24, 2.45) is 0 Å². The van der Waals surface area contributed by atoms with Crippen LogP contribution in [0.5, 0.6) is 0 Å². The molecule has 8 heteroatoms. The van der Waals surface area contributed by atoms with Crippen LogP contribution < -0.4 is 5.32 Å². The number of hydrogen-bond acceptors (Lipinski definition) is 5. The normalized spacial score (nSPS) is 10.3. The van der Waals surface area contributed by atoms with E-state index in [1.54, 1.807) is 36.5 Å². The highest BCUT2D eigenvalue weighted by Gasteiger charge is 2.15. The standard InChI is InChI=1S/C15H10ClN5O2/c16-11-3-1-10(2-4-11)13-9-12(20-23-13)15(22)18-14-5-7-21(19-14)8-6-17/h1-5,7,9H,8H2,(H,18,19,22). The van der Waals surface area contributed by atoms with E-state index in [9.17, 15) is 4.79 Å². The number of amides is 1. The predicted octanol–water partition coefficient (Wildman–Crippen LogP) is 2.97. The van der Waals surface area contributed by atoms with Gasteiger partial charge in [-0.3, -0.25) is 9.48 Å². The summed E-state index contributed by atoms with van der Waals surface area (Å²) in [6.07, 6.45) is 1.60. The monoisotopic (exact) mass is 327 g/mol. The molecule has 3 rings (SSSR count). The van der Waals surface area contributed by atoms with Crippen molar-refractivity contribution in [2.45, 2.75) is 6.54 Å². The van der Waals surface area contributed by atoms with Gasteiger partial charge in [0.25, 0.3) is 5.91 Å². The Kier molecular flexibility index (Phi) is 4.08. The second-order valence-electron chi connectivity index (χ2n) is 4.59. The molecule has 0 unspecified atom stereocenters. The number of carbonyl (C=O) groups is 1. The van der Waals surface area contributed by atoms with Gasteiger partial charge >= 0.3 is 0 Å². The molecule has 0 saturated carbocycles. The Morgan fingerprint density at radius 2 is 2.13 bits per heavy atom. The summed E-state index contributed by atoms with van der Waals surface area (Å²) < 4.78 is 6.58. The summed E-state index contributed by atoms with van der Waals surface area (Å²) in [5.74, 6) is 0.347. The van der Waals surface area contributed by atoms with Gasteiger partial charge in [0.1, 0.15) is 6.54 Å². The van der Waals surface area contributed by atoms with Crippen molar-refractivity contribution in [3.8, 4) is 17.4 Å². The number of nitriles is 1. The van der Waals surface area contributed by atoms with Crippen LogP contribution in [-0.4, -0.2) is 20.8 Å². The van der Waals surface area contributed by atoms with Gasteiger partial charge in [-0.25, -0.2) is 0 Å². The molecule has 0 saturated heterocycles. The summed E-state index contributed by atoms with van der Waals surface area (Å²) >= 11 is 5.83. The first kappa shape index (κ1) is 14.8. The number of rotatable bonds is 4. The Labute approximate surface area is 136 Å². The highest BCUT2D eigenvalue weighted by atomic mass is 35.5. The maximum absolute atomic E-state index is 12.1. The Morgan fingerprint density at radius 3 is 2.87 bits per heavy atom. The molecule has 2 heterocycles. The third-order valence-corrected chi connectivity index (χ3v) is 3.24. The zero-order chi connectivity index (χ0) is 16.2. The summed E-state index contributed by atoms with van der Waals surface area (Å²) in [4.78, 5) is 12.1. The third-order valence-electron chi connectivity index (χ3n) is 2.99. The van der Waals surface area contributed by atoms with Crippen LogP contribution in [0.1, 0.15) is 10.5 Å². The highest BCUT2D eigenvalue weighted by molar-refractivity contribution is 6.30. The smallest absolute Gasteiger partial charge is 0.279 e. The van der Waals surface area contributed by atoms with Crippen LogP contribution in [-0.2, 0) is 6.54 Å². The van der Waals surface area contributed by atoms with Gasteiger partial charge in [-0.05, 0) is 24.3 Å². The number of benzene rings is 1. The van der Waals surface area contributed by atoms with E-state index in [1.807, 2.05) is 6.07 Å². The van der Waals surface area contributed by atoms with Crippen molar-refractivity contribution in [3.05, 3.63) is 53.3 Å². The van der Waals surface area contributed by atoms with Gasteiger partial charge in [-0.2, -0.15) is 10.4 Å². The van der Waals surface area contributed by atoms with Gasteiger partial charge in [-0.15, -0.1) is 0 Å². The zero-order valence-corrected chi connectivity index (χ0v) is 12.5. The molecule has 0 atom stereocenters. The molecule has 23 heavy (non-hydrogen) atoms. The fourth-order valence-electron chi connectivity index (χ4n) is 1.90. The molecule has 0 aliphatic heterocycles. The van der Waals surface area contributed by atoms with E-state index in [4.69, 9.17) is 21.4 Å². The van der Waals surface area contributed by atoms with Gasteiger partial charge in [-0.1, -0.05) is 16.8 Å². The summed E-state index contributed by atoms with van der Waals surface area (Å²) in [6, 6.07) is 12.1. The lowest BCUT2D eigenvalue weighted by atomic mass is 10.1. The number of halogens is 1. The number of nitrogens with zero attached hydrogens (tertiary/aromatic N) is 4. The van der Waals surface area contributed by atoms with Crippen LogP contribution in [0.25, 0.3) is 11.3 Å². The minimum absolute atomic E-state index is 0.112. The summed E-state index contributed by atoms with van der Waals surface area (Å²) in [6.45, 7) is 0.112. The van der Waals surface area contributed by atoms with E-state index in [2.05, 4.69) is 15.6 Å². The maximum Gasteiger partial charge on any atom is 0.279 e. The van der Waals surface area contributed by atoms with Crippen LogP contribution in [0.4, 0.5) is 5.82 Å². The van der Waals surface area contributed by atoms with Gasteiger partial charge in [0, 0.05) is 28.9 Å². The van der Waals surface area contributed by atoms with Crippen molar-refractivity contribution in [2.75, 3.05) is 5.32 Å². The molecule has 0 radical (unpaired) electrons. The molecule has 7 nitrogen and oxygen atoms in total. The van der Waals surface area contributed by atoms with Gasteiger partial charge in [0.05, 0.1) is 6.07 Å². The number of aromatic nitrogens is 3. The van der Waals surface area contributed by atoms with Crippen molar-refractivity contribution >= 4 is 23.3 Å². The van der Waals surface area contributed by atoms with Gasteiger partial charge in [0.2, 0.25) is 0 Å². The first-order valence-corrected chi connectivity index (χ1v) is 6.98. The van der Waals surface area contributed by atoms with E-state index < -0.39 is 5.91 Å². The van der Waals surface area contributed by atoms with Crippen LogP contribution in [0.15, 0.2) is 47.1 Å². The summed E-state index contributed by atoms with van der Waals surface area (Å²) in [5, 5.41) is 19.6. The van der Waals surface area contributed by atoms with E-state index >= 15 is 0 Å². The van der Waals surface area contributed by atoms with E-state index in [1.165, 1.54) is 10.7 Å². The first-order chi connectivity index (χ1) is 11.2. The molecule has 0 aliphatic carbocycles. The van der Waals surface area contributed by atoms with Gasteiger partial charge < -0.3 is 9.84 Å². The molecular formula is C15H10ClN5O2. The van der Waals surface area contributed by atoms with Gasteiger partial charge in [0.15, 0.2) is 17.3 Å². The molecule has 0 aliphatic rings. The molecule has 0 spiro atoms. The Morgan fingerprint density at radius 1 is 1.35 bits per heavy atom. The lowest BCUT2D eigenvalue weighted by Crippen LogP contribution is -2.13. The summed E-state index contributed by atoms with van der Waals surface area (Å²) in [7, 11) is 0. The van der Waals surface area contributed by atoms with Crippen molar-refractivity contribution in [1.29, 1.82) is 5.26 Å². The minimum atomic E-state index is -0.448. The average molecular weight is 328 g/mol. The SMILES string of the molecule is N#CCn1ccc(NC(=O)c2cc(-c3ccc(Cl)cc3)on2)n1. The molecular weight excluding hydrogens is 318 g/mol. The molecule has 114 valence electrons. The molecule has 1 N–H and O–H groups in total. The minimum Gasteiger partial charge on any atom is -0.355 e. The lowest BCUT2D eigenvalue weighted by molar-refractivity contribution is 0.101. The predicted molar refractivity (Wildman–Crippen MR) is 82.7 cm³/mol. The number of carbonyl (C=O) groups excluding carboxylic acids is 1. The second-order valence-corrected chi connectivity index (χ2v) is 5.03. The number of anilines is 1. The number of nitrogens with one attached hydrogen (secondary N) is 1.